The Bertz CT molecular complexity index is 1020. The smallest absolute Gasteiger partial charge is 0.416 e. The van der Waals surface area contributed by atoms with Gasteiger partial charge in [0.1, 0.15) is 29.8 Å². The molecular formula is C21H20F3NO5. The fourth-order valence-corrected chi connectivity index (χ4v) is 2.81. The first-order valence-corrected chi connectivity index (χ1v) is 9.05. The molecule has 0 saturated carbocycles. The lowest BCUT2D eigenvalue weighted by Gasteiger charge is -2.14. The third-order valence-corrected chi connectivity index (χ3v) is 4.35. The topological polar surface area (TPSA) is 80.9 Å². The Labute approximate surface area is 170 Å². The molecule has 3 aromatic rings. The summed E-state index contributed by atoms with van der Waals surface area (Å²) >= 11 is 0. The van der Waals surface area contributed by atoms with Crippen molar-refractivity contribution in [3.63, 3.8) is 0 Å². The van der Waals surface area contributed by atoms with E-state index in [1.165, 1.54) is 18.4 Å². The van der Waals surface area contributed by atoms with Gasteiger partial charge in [0, 0.05) is 23.6 Å². The van der Waals surface area contributed by atoms with Gasteiger partial charge in [0.25, 0.3) is 0 Å². The largest absolute Gasteiger partial charge is 0.497 e. The molecule has 0 fully saturated rings. The molecule has 0 spiro atoms. The maximum Gasteiger partial charge on any atom is 0.416 e. The summed E-state index contributed by atoms with van der Waals surface area (Å²) in [5, 5.41) is 13.3. The maximum absolute atomic E-state index is 12.7. The molecule has 160 valence electrons. The van der Waals surface area contributed by atoms with Crippen molar-refractivity contribution >= 4 is 16.9 Å². The zero-order chi connectivity index (χ0) is 21.7. The zero-order valence-corrected chi connectivity index (χ0v) is 16.0. The summed E-state index contributed by atoms with van der Waals surface area (Å²) in [4.78, 5) is 12.2. The molecule has 0 radical (unpaired) electrons. The van der Waals surface area contributed by atoms with E-state index in [-0.39, 0.29) is 31.2 Å². The van der Waals surface area contributed by atoms with Gasteiger partial charge in [-0.1, -0.05) is 6.07 Å². The lowest BCUT2D eigenvalue weighted by Crippen LogP contribution is -2.36. The van der Waals surface area contributed by atoms with Gasteiger partial charge in [-0.2, -0.15) is 13.2 Å². The van der Waals surface area contributed by atoms with Crippen LogP contribution in [0.5, 0.6) is 11.5 Å². The van der Waals surface area contributed by atoms with E-state index >= 15 is 0 Å². The van der Waals surface area contributed by atoms with Crippen LogP contribution >= 0.6 is 0 Å². The second kappa shape index (κ2) is 9.08. The lowest BCUT2D eigenvalue weighted by molar-refractivity contribution is -0.137. The predicted octanol–water partition coefficient (Wildman–Crippen LogP) is 3.56. The number of rotatable bonds is 8. The molecule has 0 aliphatic carbocycles. The van der Waals surface area contributed by atoms with E-state index in [2.05, 4.69) is 5.32 Å². The number of methoxy groups -OCH3 is 1. The molecule has 1 amide bonds. The number of carbonyl (C=O) groups is 1. The molecule has 1 aromatic heterocycles. The van der Waals surface area contributed by atoms with Gasteiger partial charge in [0.05, 0.1) is 25.4 Å². The van der Waals surface area contributed by atoms with E-state index < -0.39 is 17.8 Å². The number of amides is 1. The van der Waals surface area contributed by atoms with Crippen LogP contribution in [0.3, 0.4) is 0 Å². The third kappa shape index (κ3) is 5.44. The molecule has 2 aromatic carbocycles. The number of alkyl halides is 3. The molecule has 1 atom stereocenters. The number of hydrogen-bond donors (Lipinski definition) is 2. The Morgan fingerprint density at radius 2 is 2.00 bits per heavy atom. The molecule has 0 saturated heterocycles. The van der Waals surface area contributed by atoms with Gasteiger partial charge in [0.15, 0.2) is 0 Å². The summed E-state index contributed by atoms with van der Waals surface area (Å²) in [7, 11) is 1.54. The van der Waals surface area contributed by atoms with Crippen molar-refractivity contribution in [3.8, 4) is 11.5 Å². The highest BCUT2D eigenvalue weighted by molar-refractivity contribution is 5.88. The Morgan fingerprint density at radius 1 is 1.20 bits per heavy atom. The number of nitrogens with one attached hydrogen (secondary N) is 1. The first kappa shape index (κ1) is 21.5. The summed E-state index contributed by atoms with van der Waals surface area (Å²) in [5.74, 6) is 0.277. The van der Waals surface area contributed by atoms with Crippen molar-refractivity contribution in [1.82, 2.24) is 5.32 Å². The van der Waals surface area contributed by atoms with Gasteiger partial charge in [-0.05, 0) is 30.3 Å². The highest BCUT2D eigenvalue weighted by Gasteiger charge is 2.30. The minimum Gasteiger partial charge on any atom is -0.497 e. The molecule has 2 N–H and O–H groups in total. The van der Waals surface area contributed by atoms with Crippen LogP contribution in [0.2, 0.25) is 0 Å². The van der Waals surface area contributed by atoms with Crippen molar-refractivity contribution in [2.24, 2.45) is 0 Å². The van der Waals surface area contributed by atoms with Gasteiger partial charge < -0.3 is 24.3 Å². The second-order valence-corrected chi connectivity index (χ2v) is 6.59. The molecule has 0 aliphatic heterocycles. The van der Waals surface area contributed by atoms with Crippen molar-refractivity contribution in [2.45, 2.75) is 18.7 Å². The number of furan rings is 1. The standard InChI is InChI=1S/C21H20F3NO5/c1-28-16-5-6-18-13(11-30-19(18)9-16)7-20(27)25-10-15(26)12-29-17-4-2-3-14(8-17)21(22,23)24/h2-6,8-9,11,15,26H,7,10,12H2,1H3,(H,25,27). The molecule has 3 rings (SSSR count). The summed E-state index contributed by atoms with van der Waals surface area (Å²) in [6.45, 7) is -0.378. The average Bonchev–Trinajstić information content (AvgIpc) is 3.12. The van der Waals surface area contributed by atoms with Crippen LogP contribution in [0.1, 0.15) is 11.1 Å². The number of hydrogen-bond acceptors (Lipinski definition) is 5. The number of ether oxygens (including phenoxy) is 2. The van der Waals surface area contributed by atoms with Crippen molar-refractivity contribution < 1.29 is 37.0 Å². The summed E-state index contributed by atoms with van der Waals surface area (Å²) in [6.07, 6.45) is -4.04. The summed E-state index contributed by atoms with van der Waals surface area (Å²) in [6, 6.07) is 9.62. The summed E-state index contributed by atoms with van der Waals surface area (Å²) < 4.78 is 53.8. The normalized spacial score (nSPS) is 12.6. The fourth-order valence-electron chi connectivity index (χ4n) is 2.81. The minimum atomic E-state index is -4.48. The van der Waals surface area contributed by atoms with Crippen LogP contribution in [0, 0.1) is 0 Å². The van der Waals surface area contributed by atoms with Crippen LogP contribution < -0.4 is 14.8 Å². The molecule has 9 heteroatoms. The number of aliphatic hydroxyl groups excluding tert-OH is 1. The quantitative estimate of drug-likeness (QED) is 0.579. The van der Waals surface area contributed by atoms with E-state index in [9.17, 15) is 23.1 Å². The van der Waals surface area contributed by atoms with Crippen molar-refractivity contribution in [3.05, 3.63) is 59.9 Å². The number of halogens is 3. The maximum atomic E-state index is 12.7. The highest BCUT2D eigenvalue weighted by atomic mass is 19.4. The van der Waals surface area contributed by atoms with Gasteiger partial charge in [-0.3, -0.25) is 4.79 Å². The van der Waals surface area contributed by atoms with Gasteiger partial charge in [0.2, 0.25) is 5.91 Å². The molecule has 6 nitrogen and oxygen atoms in total. The van der Waals surface area contributed by atoms with E-state index in [1.54, 1.807) is 25.3 Å². The van der Waals surface area contributed by atoms with E-state index in [4.69, 9.17) is 13.9 Å². The van der Waals surface area contributed by atoms with Gasteiger partial charge >= 0.3 is 6.18 Å². The Hall–Kier alpha value is -3.20. The van der Waals surface area contributed by atoms with Crippen LogP contribution in [-0.2, 0) is 17.4 Å². The van der Waals surface area contributed by atoms with E-state index in [0.717, 1.165) is 17.5 Å². The number of fused-ring (bicyclic) bond motifs is 1. The van der Waals surface area contributed by atoms with Gasteiger partial charge in [-0.25, -0.2) is 0 Å². The monoisotopic (exact) mass is 423 g/mol. The van der Waals surface area contributed by atoms with E-state index in [0.29, 0.717) is 16.9 Å². The van der Waals surface area contributed by atoms with Crippen molar-refractivity contribution in [2.75, 3.05) is 20.3 Å². The zero-order valence-electron chi connectivity index (χ0n) is 16.0. The molecule has 0 aliphatic rings. The molecule has 0 bridgehead atoms. The highest BCUT2D eigenvalue weighted by Crippen LogP contribution is 2.31. The predicted molar refractivity (Wildman–Crippen MR) is 102 cm³/mol. The second-order valence-electron chi connectivity index (χ2n) is 6.59. The van der Waals surface area contributed by atoms with Gasteiger partial charge in [-0.15, -0.1) is 0 Å². The number of aliphatic hydroxyl groups is 1. The Balaban J connectivity index is 1.48. The van der Waals surface area contributed by atoms with Crippen LogP contribution in [-0.4, -0.2) is 37.4 Å². The van der Waals surface area contributed by atoms with Crippen LogP contribution in [0.15, 0.2) is 53.1 Å². The molecule has 30 heavy (non-hydrogen) atoms. The molecular weight excluding hydrogens is 403 g/mol. The third-order valence-electron chi connectivity index (χ3n) is 4.35. The average molecular weight is 423 g/mol. The number of carbonyl (C=O) groups excluding carboxylic acids is 1. The first-order chi connectivity index (χ1) is 14.3. The Morgan fingerprint density at radius 3 is 2.73 bits per heavy atom. The first-order valence-electron chi connectivity index (χ1n) is 9.05. The SMILES string of the molecule is COc1ccc2c(CC(=O)NCC(O)COc3cccc(C(F)(F)F)c3)coc2c1. The minimum absolute atomic E-state index is 0.0181. The van der Waals surface area contributed by atoms with Crippen LogP contribution in [0.25, 0.3) is 11.0 Å². The lowest BCUT2D eigenvalue weighted by atomic mass is 10.1. The summed E-state index contributed by atoms with van der Waals surface area (Å²) in [5.41, 5.74) is 0.430. The molecule has 1 unspecified atom stereocenters. The van der Waals surface area contributed by atoms with Crippen LogP contribution in [0.4, 0.5) is 13.2 Å². The Kier molecular flexibility index (Phi) is 6.51. The van der Waals surface area contributed by atoms with Crippen molar-refractivity contribution in [1.29, 1.82) is 0 Å². The van der Waals surface area contributed by atoms with E-state index in [1.807, 2.05) is 0 Å². The fraction of sp³-hybridized carbons (Fsp3) is 0.286. The molecule has 1 heterocycles. The number of benzene rings is 2.